The van der Waals surface area contributed by atoms with Crippen LogP contribution in [0.25, 0.3) is 0 Å². The van der Waals surface area contributed by atoms with Crippen molar-refractivity contribution < 1.29 is 0 Å². The predicted octanol–water partition coefficient (Wildman–Crippen LogP) is 3.58. The van der Waals surface area contributed by atoms with E-state index >= 15 is 0 Å². The molecule has 2 heterocycles. The summed E-state index contributed by atoms with van der Waals surface area (Å²) in [5.74, 6) is 1.31. The van der Waals surface area contributed by atoms with Crippen molar-refractivity contribution in [2.24, 2.45) is 4.99 Å². The Balaban J connectivity index is 1.85. The summed E-state index contributed by atoms with van der Waals surface area (Å²) in [6.07, 6.45) is 1.92. The zero-order valence-electron chi connectivity index (χ0n) is 14.9. The molecule has 2 N–H and O–H groups in total. The van der Waals surface area contributed by atoms with Gasteiger partial charge in [0.2, 0.25) is 0 Å². The molecular formula is C17H27N5S2. The van der Waals surface area contributed by atoms with Gasteiger partial charge in [-0.15, -0.1) is 22.7 Å². The van der Waals surface area contributed by atoms with Crippen LogP contribution >= 0.6 is 22.7 Å². The zero-order chi connectivity index (χ0) is 17.4. The molecular weight excluding hydrogens is 338 g/mol. The minimum atomic E-state index is 0.469. The maximum atomic E-state index is 4.63. The molecule has 0 spiro atoms. The molecule has 0 aliphatic heterocycles. The third kappa shape index (κ3) is 5.87. The van der Waals surface area contributed by atoms with Gasteiger partial charge in [0.05, 0.1) is 22.9 Å². The quantitative estimate of drug-likeness (QED) is 0.554. The van der Waals surface area contributed by atoms with Crippen LogP contribution in [0.3, 0.4) is 0 Å². The Kier molecular flexibility index (Phi) is 7.65. The number of aromatic nitrogens is 2. The second-order valence-corrected chi connectivity index (χ2v) is 7.66. The summed E-state index contributed by atoms with van der Waals surface area (Å²) in [7, 11) is 0. The number of thiazole rings is 2. The number of aliphatic imine (C=N–C) groups is 1. The first-order chi connectivity index (χ1) is 11.6. The Hall–Kier alpha value is -1.47. The second kappa shape index (κ2) is 9.74. The lowest BCUT2D eigenvalue weighted by molar-refractivity contribution is 0.785. The van der Waals surface area contributed by atoms with Crippen molar-refractivity contribution in [3.63, 3.8) is 0 Å². The molecule has 2 aromatic rings. The van der Waals surface area contributed by atoms with Gasteiger partial charge in [0.15, 0.2) is 5.96 Å². The maximum Gasteiger partial charge on any atom is 0.191 e. The van der Waals surface area contributed by atoms with Crippen molar-refractivity contribution in [2.75, 3.05) is 13.1 Å². The highest BCUT2D eigenvalue weighted by molar-refractivity contribution is 7.09. The lowest BCUT2D eigenvalue weighted by Gasteiger charge is -2.10. The van der Waals surface area contributed by atoms with Crippen LogP contribution in [-0.2, 0) is 19.4 Å². The third-order valence-electron chi connectivity index (χ3n) is 3.45. The van der Waals surface area contributed by atoms with Crippen LogP contribution in [0.5, 0.6) is 0 Å². The summed E-state index contributed by atoms with van der Waals surface area (Å²) in [4.78, 5) is 13.9. The van der Waals surface area contributed by atoms with E-state index in [4.69, 9.17) is 0 Å². The highest BCUT2D eigenvalue weighted by atomic mass is 32.1. The van der Waals surface area contributed by atoms with E-state index in [0.717, 1.165) is 48.3 Å². The van der Waals surface area contributed by atoms with E-state index in [2.05, 4.69) is 64.0 Å². The summed E-state index contributed by atoms with van der Waals surface area (Å²) in [5.41, 5.74) is 2.31. The number of hydrogen-bond donors (Lipinski definition) is 2. The van der Waals surface area contributed by atoms with Gasteiger partial charge in [-0.3, -0.25) is 0 Å². The molecule has 0 aliphatic rings. The molecule has 2 rings (SSSR count). The van der Waals surface area contributed by atoms with Gasteiger partial charge in [-0.05, 0) is 19.3 Å². The molecule has 0 atom stereocenters. The Bertz CT molecular complexity index is 645. The number of hydrogen-bond acceptors (Lipinski definition) is 5. The monoisotopic (exact) mass is 365 g/mol. The fourth-order valence-electron chi connectivity index (χ4n) is 2.09. The number of nitrogens with zero attached hydrogens (tertiary/aromatic N) is 3. The Morgan fingerprint density at radius 1 is 1.12 bits per heavy atom. The first-order valence-electron chi connectivity index (χ1n) is 8.52. The van der Waals surface area contributed by atoms with Crippen molar-refractivity contribution in [2.45, 2.75) is 53.0 Å². The van der Waals surface area contributed by atoms with Gasteiger partial charge in [0.25, 0.3) is 0 Å². The van der Waals surface area contributed by atoms with Crippen LogP contribution in [0.15, 0.2) is 15.8 Å². The zero-order valence-corrected chi connectivity index (χ0v) is 16.6. The summed E-state index contributed by atoms with van der Waals surface area (Å²) in [6, 6.07) is 0. The molecule has 0 aromatic carbocycles. The number of aryl methyl sites for hydroxylation is 1. The predicted molar refractivity (Wildman–Crippen MR) is 104 cm³/mol. The fraction of sp³-hybridized carbons (Fsp3) is 0.588. The largest absolute Gasteiger partial charge is 0.357 e. The normalized spacial score (nSPS) is 12.0. The summed E-state index contributed by atoms with van der Waals surface area (Å²) < 4.78 is 0. The van der Waals surface area contributed by atoms with Crippen molar-refractivity contribution >= 4 is 28.6 Å². The Morgan fingerprint density at radius 2 is 1.92 bits per heavy atom. The van der Waals surface area contributed by atoms with Crippen molar-refractivity contribution in [3.05, 3.63) is 32.2 Å². The SMILES string of the molecule is CCNC(=NCc1nc(C(C)C)cs1)NCCc1csc(CC)n1. The van der Waals surface area contributed by atoms with Crippen molar-refractivity contribution in [1.29, 1.82) is 0 Å². The molecule has 132 valence electrons. The van der Waals surface area contributed by atoms with Gasteiger partial charge >= 0.3 is 0 Å². The first kappa shape index (κ1) is 18.9. The number of nitrogens with one attached hydrogen (secondary N) is 2. The molecule has 0 saturated heterocycles. The smallest absolute Gasteiger partial charge is 0.191 e. The standard InChI is InChI=1S/C17H27N5S2/c1-5-15-21-13(10-23-15)7-8-19-17(18-6-2)20-9-16-22-14(11-24-16)12(3)4/h10-12H,5-9H2,1-4H3,(H2,18,19,20). The van der Waals surface area contributed by atoms with E-state index in [-0.39, 0.29) is 0 Å². The minimum absolute atomic E-state index is 0.469. The second-order valence-electron chi connectivity index (χ2n) is 5.78. The van der Waals surface area contributed by atoms with Gasteiger partial charge < -0.3 is 10.6 Å². The average molecular weight is 366 g/mol. The van der Waals surface area contributed by atoms with Crippen LogP contribution in [0.1, 0.15) is 55.0 Å². The Labute approximate surface area is 152 Å². The highest BCUT2D eigenvalue weighted by Crippen LogP contribution is 2.18. The van der Waals surface area contributed by atoms with Gasteiger partial charge in [-0.25, -0.2) is 15.0 Å². The van der Waals surface area contributed by atoms with E-state index in [0.29, 0.717) is 12.5 Å². The third-order valence-corrected chi connectivity index (χ3v) is 5.35. The van der Waals surface area contributed by atoms with Crippen molar-refractivity contribution in [3.8, 4) is 0 Å². The molecule has 0 bridgehead atoms. The van der Waals surface area contributed by atoms with Gasteiger partial charge in [-0.2, -0.15) is 0 Å². The molecule has 24 heavy (non-hydrogen) atoms. The van der Waals surface area contributed by atoms with Crippen LogP contribution in [0.4, 0.5) is 0 Å². The fourth-order valence-corrected chi connectivity index (χ4v) is 3.74. The van der Waals surface area contributed by atoms with Crippen LogP contribution < -0.4 is 10.6 Å². The van der Waals surface area contributed by atoms with Crippen LogP contribution in [0, 0.1) is 0 Å². The molecule has 2 aromatic heterocycles. The lowest BCUT2D eigenvalue weighted by Crippen LogP contribution is -2.38. The molecule has 0 aliphatic carbocycles. The summed E-state index contributed by atoms with van der Waals surface area (Å²) in [5, 5.41) is 13.2. The van der Waals surface area contributed by atoms with E-state index in [1.165, 1.54) is 5.01 Å². The lowest BCUT2D eigenvalue weighted by atomic mass is 10.2. The van der Waals surface area contributed by atoms with Gasteiger partial charge in [0, 0.05) is 30.3 Å². The van der Waals surface area contributed by atoms with Crippen LogP contribution in [-0.4, -0.2) is 29.0 Å². The van der Waals surface area contributed by atoms with E-state index < -0.39 is 0 Å². The molecule has 7 heteroatoms. The van der Waals surface area contributed by atoms with Crippen LogP contribution in [0.2, 0.25) is 0 Å². The molecule has 0 unspecified atom stereocenters. The number of guanidine groups is 1. The number of rotatable bonds is 8. The van der Waals surface area contributed by atoms with E-state index in [1.807, 2.05) is 0 Å². The summed E-state index contributed by atoms with van der Waals surface area (Å²) >= 11 is 3.42. The Morgan fingerprint density at radius 3 is 2.54 bits per heavy atom. The molecule has 0 fully saturated rings. The van der Waals surface area contributed by atoms with Gasteiger partial charge in [-0.1, -0.05) is 20.8 Å². The highest BCUT2D eigenvalue weighted by Gasteiger charge is 2.06. The molecule has 5 nitrogen and oxygen atoms in total. The maximum absolute atomic E-state index is 4.63. The summed E-state index contributed by atoms with van der Waals surface area (Å²) in [6.45, 7) is 10.8. The molecule has 0 radical (unpaired) electrons. The molecule has 0 amide bonds. The van der Waals surface area contributed by atoms with E-state index in [1.54, 1.807) is 22.7 Å². The van der Waals surface area contributed by atoms with Gasteiger partial charge in [0.1, 0.15) is 5.01 Å². The minimum Gasteiger partial charge on any atom is -0.357 e. The van der Waals surface area contributed by atoms with E-state index in [9.17, 15) is 0 Å². The topological polar surface area (TPSA) is 62.2 Å². The first-order valence-corrected chi connectivity index (χ1v) is 10.3. The molecule has 0 saturated carbocycles. The van der Waals surface area contributed by atoms with Crippen molar-refractivity contribution in [1.82, 2.24) is 20.6 Å². The average Bonchev–Trinajstić information content (AvgIpc) is 3.22.